The van der Waals surface area contributed by atoms with E-state index in [-0.39, 0.29) is 11.7 Å². The number of nitrogens with zero attached hydrogens (tertiary/aromatic N) is 2. The van der Waals surface area contributed by atoms with Crippen molar-refractivity contribution in [2.24, 2.45) is 5.92 Å². The van der Waals surface area contributed by atoms with E-state index in [9.17, 15) is 9.47 Å². The molecular formula is C21H21ClN4OS. The van der Waals surface area contributed by atoms with Gasteiger partial charge in [-0.05, 0) is 30.7 Å². The van der Waals surface area contributed by atoms with E-state index in [2.05, 4.69) is 16.0 Å². The number of fused-ring (bicyclic) bond motifs is 1. The van der Waals surface area contributed by atoms with E-state index in [1.54, 1.807) is 13.0 Å². The van der Waals surface area contributed by atoms with Gasteiger partial charge in [0.1, 0.15) is 0 Å². The first-order valence-electron chi connectivity index (χ1n) is 9.26. The molecule has 2 aromatic carbocycles. The molecule has 5 nitrogen and oxygen atoms in total. The number of anilines is 1. The van der Waals surface area contributed by atoms with Crippen LogP contribution in [0, 0.1) is 22.0 Å². The molecule has 0 saturated carbocycles. The summed E-state index contributed by atoms with van der Waals surface area (Å²) in [6.07, 6.45) is 0.822. The maximum atomic E-state index is 12.7. The molecule has 2 N–H and O–H groups in total. The summed E-state index contributed by atoms with van der Waals surface area (Å²) in [6.45, 7) is 3.20. The average Bonchev–Trinajstić information content (AvgIpc) is 3.32. The van der Waals surface area contributed by atoms with Crippen molar-refractivity contribution in [3.8, 4) is 17.3 Å². The SMILES string of the molecule is CC[S@](=N)(=O)c1ccc(N2CC[C@H](C#N)C2)c(-c2[nH]c3ccccc3c2Cl)c1. The number of halogens is 1. The second-order valence-corrected chi connectivity index (χ2v) is 9.84. The third-order valence-corrected chi connectivity index (χ3v) is 7.60. The molecule has 1 fully saturated rings. The van der Waals surface area contributed by atoms with Crippen molar-refractivity contribution >= 4 is 37.9 Å². The molecule has 0 bridgehead atoms. The maximum absolute atomic E-state index is 12.7. The van der Waals surface area contributed by atoms with E-state index in [1.807, 2.05) is 36.4 Å². The average molecular weight is 413 g/mol. The monoisotopic (exact) mass is 412 g/mol. The van der Waals surface area contributed by atoms with E-state index >= 15 is 0 Å². The van der Waals surface area contributed by atoms with Crippen LogP contribution in [0.25, 0.3) is 22.2 Å². The third-order valence-electron chi connectivity index (χ3n) is 5.38. The van der Waals surface area contributed by atoms with Crippen LogP contribution in [0.2, 0.25) is 5.02 Å². The van der Waals surface area contributed by atoms with Crippen LogP contribution in [0.1, 0.15) is 13.3 Å². The summed E-state index contributed by atoms with van der Waals surface area (Å²) in [6, 6.07) is 15.7. The molecule has 3 aromatic rings. The van der Waals surface area contributed by atoms with E-state index in [4.69, 9.17) is 16.4 Å². The van der Waals surface area contributed by atoms with Gasteiger partial charge in [-0.15, -0.1) is 0 Å². The summed E-state index contributed by atoms with van der Waals surface area (Å²) in [5.74, 6) is 0.258. The number of aromatic nitrogens is 1. The molecule has 0 aliphatic carbocycles. The second kappa shape index (κ2) is 7.16. The van der Waals surface area contributed by atoms with Gasteiger partial charge in [0.15, 0.2) is 0 Å². The largest absolute Gasteiger partial charge is 0.370 e. The van der Waals surface area contributed by atoms with Gasteiger partial charge in [-0.3, -0.25) is 0 Å². The highest BCUT2D eigenvalue weighted by Crippen LogP contribution is 2.41. The third kappa shape index (κ3) is 3.15. The molecule has 4 rings (SSSR count). The first-order chi connectivity index (χ1) is 13.4. The van der Waals surface area contributed by atoms with Crippen molar-refractivity contribution in [3.63, 3.8) is 0 Å². The minimum Gasteiger partial charge on any atom is -0.370 e. The topological polar surface area (TPSA) is 83.7 Å². The lowest BCUT2D eigenvalue weighted by Crippen LogP contribution is -2.20. The Morgan fingerprint density at radius 3 is 2.82 bits per heavy atom. The van der Waals surface area contributed by atoms with Gasteiger partial charge in [-0.25, -0.2) is 8.99 Å². The molecule has 2 atom stereocenters. The Balaban J connectivity index is 1.93. The first-order valence-corrected chi connectivity index (χ1v) is 11.4. The summed E-state index contributed by atoms with van der Waals surface area (Å²) in [7, 11) is -2.86. The lowest BCUT2D eigenvalue weighted by molar-refractivity contribution is 0.675. The van der Waals surface area contributed by atoms with Crippen molar-refractivity contribution < 1.29 is 4.21 Å². The molecule has 2 heterocycles. The van der Waals surface area contributed by atoms with Crippen LogP contribution in [0.5, 0.6) is 0 Å². The Hall–Kier alpha value is -2.49. The van der Waals surface area contributed by atoms with Crippen LogP contribution in [0.15, 0.2) is 47.4 Å². The Bertz CT molecular complexity index is 1190. The number of rotatable bonds is 4. The molecule has 1 saturated heterocycles. The summed E-state index contributed by atoms with van der Waals surface area (Å²) in [4.78, 5) is 6.06. The Morgan fingerprint density at radius 1 is 1.36 bits per heavy atom. The van der Waals surface area contributed by atoms with Gasteiger partial charge in [0.2, 0.25) is 0 Å². The van der Waals surface area contributed by atoms with Gasteiger partial charge in [0.25, 0.3) is 0 Å². The van der Waals surface area contributed by atoms with Gasteiger partial charge < -0.3 is 9.88 Å². The zero-order chi connectivity index (χ0) is 19.9. The minimum atomic E-state index is -2.86. The van der Waals surface area contributed by atoms with Gasteiger partial charge in [-0.1, -0.05) is 36.7 Å². The van der Waals surface area contributed by atoms with Crippen LogP contribution in [-0.4, -0.2) is 28.0 Å². The molecule has 0 radical (unpaired) electrons. The Morgan fingerprint density at radius 2 is 2.14 bits per heavy atom. The fourth-order valence-corrected chi connectivity index (χ4v) is 4.98. The molecule has 1 aliphatic heterocycles. The van der Waals surface area contributed by atoms with Crippen LogP contribution in [0.3, 0.4) is 0 Å². The number of nitriles is 1. The highest BCUT2D eigenvalue weighted by Gasteiger charge is 2.26. The number of H-pyrrole nitrogens is 1. The molecule has 0 amide bonds. The highest BCUT2D eigenvalue weighted by atomic mass is 35.5. The molecule has 0 spiro atoms. The lowest BCUT2D eigenvalue weighted by atomic mass is 10.1. The van der Waals surface area contributed by atoms with Crippen molar-refractivity contribution in [3.05, 3.63) is 47.5 Å². The highest BCUT2D eigenvalue weighted by molar-refractivity contribution is 7.92. The van der Waals surface area contributed by atoms with Gasteiger partial charge in [-0.2, -0.15) is 5.26 Å². The van der Waals surface area contributed by atoms with Gasteiger partial charge in [0.05, 0.1) is 32.4 Å². The zero-order valence-corrected chi connectivity index (χ0v) is 17.1. The Labute approximate surface area is 169 Å². The van der Waals surface area contributed by atoms with E-state index in [1.165, 1.54) is 0 Å². The molecule has 7 heteroatoms. The second-order valence-electron chi connectivity index (χ2n) is 7.06. The van der Waals surface area contributed by atoms with Crippen LogP contribution in [-0.2, 0) is 9.73 Å². The number of hydrogen-bond acceptors (Lipinski definition) is 4. The quantitative estimate of drug-likeness (QED) is 0.612. The van der Waals surface area contributed by atoms with E-state index in [0.717, 1.165) is 40.8 Å². The standard InChI is InChI=1S/C21H21ClN4OS/c1-2-28(24,27)15-7-8-19(26-10-9-14(12-23)13-26)17(11-15)21-20(22)16-5-3-4-6-18(16)25-21/h3-8,11,14,24-25H,2,9-10,13H2,1H3/t14-,28+/m1/s1. The molecule has 0 unspecified atom stereocenters. The molecule has 1 aliphatic rings. The number of aromatic amines is 1. The number of hydrogen-bond donors (Lipinski definition) is 2. The number of benzene rings is 2. The predicted molar refractivity (Wildman–Crippen MR) is 114 cm³/mol. The van der Waals surface area contributed by atoms with Gasteiger partial charge >= 0.3 is 0 Å². The minimum absolute atomic E-state index is 0.00162. The lowest BCUT2D eigenvalue weighted by Gasteiger charge is -2.22. The van der Waals surface area contributed by atoms with Crippen molar-refractivity contribution in [1.29, 1.82) is 10.0 Å². The van der Waals surface area contributed by atoms with Crippen LogP contribution in [0.4, 0.5) is 5.69 Å². The molecular weight excluding hydrogens is 392 g/mol. The van der Waals surface area contributed by atoms with E-state index < -0.39 is 9.73 Å². The zero-order valence-electron chi connectivity index (χ0n) is 15.5. The summed E-state index contributed by atoms with van der Waals surface area (Å²) in [5.41, 5.74) is 3.45. The van der Waals surface area contributed by atoms with Crippen molar-refractivity contribution in [1.82, 2.24) is 4.98 Å². The predicted octanol–water partition coefficient (Wildman–Crippen LogP) is 5.26. The van der Waals surface area contributed by atoms with Crippen LogP contribution < -0.4 is 4.90 Å². The van der Waals surface area contributed by atoms with E-state index in [0.29, 0.717) is 16.5 Å². The molecule has 144 valence electrons. The van der Waals surface area contributed by atoms with Crippen LogP contribution >= 0.6 is 11.6 Å². The smallest absolute Gasteiger partial charge is 0.0741 e. The summed E-state index contributed by atoms with van der Waals surface area (Å²) < 4.78 is 20.9. The maximum Gasteiger partial charge on any atom is 0.0741 e. The fraction of sp³-hybridized carbons (Fsp3) is 0.286. The number of nitrogens with one attached hydrogen (secondary N) is 2. The summed E-state index contributed by atoms with van der Waals surface area (Å²) in [5, 5.41) is 10.8. The molecule has 28 heavy (non-hydrogen) atoms. The fourth-order valence-electron chi connectivity index (χ4n) is 3.74. The summed E-state index contributed by atoms with van der Waals surface area (Å²) >= 11 is 6.71. The van der Waals surface area contributed by atoms with Crippen molar-refractivity contribution in [2.45, 2.75) is 18.2 Å². The normalized spacial score (nSPS) is 18.9. The Kier molecular flexibility index (Phi) is 4.82. The number of para-hydroxylation sites is 1. The van der Waals surface area contributed by atoms with Gasteiger partial charge in [0, 0.05) is 45.9 Å². The first kappa shape index (κ1) is 18.9. The molecule has 1 aromatic heterocycles. The van der Waals surface area contributed by atoms with Crippen molar-refractivity contribution in [2.75, 3.05) is 23.7 Å².